The van der Waals surface area contributed by atoms with E-state index in [1.807, 2.05) is 18.7 Å². The first-order valence-corrected chi connectivity index (χ1v) is 6.00. The maximum atomic E-state index is 11.8. The van der Waals surface area contributed by atoms with Crippen molar-refractivity contribution in [2.75, 3.05) is 13.1 Å². The number of hydrogen-bond acceptors (Lipinski definition) is 3. The summed E-state index contributed by atoms with van der Waals surface area (Å²) in [6.07, 6.45) is -0.137. The first-order valence-electron chi connectivity index (χ1n) is 6.00. The van der Waals surface area contributed by atoms with E-state index in [-0.39, 0.29) is 17.9 Å². The van der Waals surface area contributed by atoms with Crippen molar-refractivity contribution >= 4 is 11.9 Å². The molecule has 1 fully saturated rings. The summed E-state index contributed by atoms with van der Waals surface area (Å²) >= 11 is 0. The minimum atomic E-state index is -0.934. The number of carboxylic acids is 1. The summed E-state index contributed by atoms with van der Waals surface area (Å²) in [6.45, 7) is 9.50. The number of amides is 1. The maximum absolute atomic E-state index is 11.8. The normalized spacial score (nSPS) is 24.8. The van der Waals surface area contributed by atoms with Gasteiger partial charge in [-0.15, -0.1) is 0 Å². The lowest BCUT2D eigenvalue weighted by Crippen LogP contribution is -2.66. The molecule has 5 heteroatoms. The van der Waals surface area contributed by atoms with Crippen LogP contribution in [0.1, 0.15) is 34.1 Å². The second-order valence-electron chi connectivity index (χ2n) is 5.69. The van der Waals surface area contributed by atoms with Crippen LogP contribution < -0.4 is 5.32 Å². The molecule has 17 heavy (non-hydrogen) atoms. The van der Waals surface area contributed by atoms with E-state index in [2.05, 4.69) is 19.2 Å². The number of carbonyl (C=O) groups excluding carboxylic acids is 1. The second kappa shape index (κ2) is 5.04. The summed E-state index contributed by atoms with van der Waals surface area (Å²) < 4.78 is 0. The fraction of sp³-hybridized carbons (Fsp3) is 0.833. The van der Waals surface area contributed by atoms with E-state index in [0.29, 0.717) is 12.5 Å². The van der Waals surface area contributed by atoms with Gasteiger partial charge in [-0.3, -0.25) is 14.5 Å². The van der Waals surface area contributed by atoms with Crippen molar-refractivity contribution in [1.82, 2.24) is 10.2 Å². The maximum Gasteiger partial charge on any atom is 0.305 e. The lowest BCUT2D eigenvalue weighted by Gasteiger charge is -2.47. The van der Waals surface area contributed by atoms with Crippen LogP contribution in [0.15, 0.2) is 0 Å². The van der Waals surface area contributed by atoms with Gasteiger partial charge < -0.3 is 10.4 Å². The van der Waals surface area contributed by atoms with Crippen molar-refractivity contribution < 1.29 is 14.7 Å². The molecular weight excluding hydrogens is 220 g/mol. The minimum absolute atomic E-state index is 0.137. The quantitative estimate of drug-likeness (QED) is 0.761. The molecule has 1 amide bonds. The smallest absolute Gasteiger partial charge is 0.305 e. The number of carbonyl (C=O) groups is 2. The van der Waals surface area contributed by atoms with E-state index >= 15 is 0 Å². The van der Waals surface area contributed by atoms with Gasteiger partial charge in [0.05, 0.1) is 6.42 Å². The third-order valence-corrected chi connectivity index (χ3v) is 3.08. The SMILES string of the molecule is CC(C)CN1C(CC(=O)O)C(=O)NCC1(C)C. The number of rotatable bonds is 4. The Morgan fingerprint density at radius 2 is 2.18 bits per heavy atom. The van der Waals surface area contributed by atoms with Crippen LogP contribution in [-0.4, -0.2) is 46.6 Å². The van der Waals surface area contributed by atoms with E-state index in [4.69, 9.17) is 5.11 Å². The third kappa shape index (κ3) is 3.43. The molecule has 0 aromatic carbocycles. The average molecular weight is 242 g/mol. The molecule has 1 saturated heterocycles. The summed E-state index contributed by atoms with van der Waals surface area (Å²) in [5.74, 6) is -0.708. The fourth-order valence-corrected chi connectivity index (χ4v) is 2.22. The Morgan fingerprint density at radius 1 is 1.59 bits per heavy atom. The van der Waals surface area contributed by atoms with Gasteiger partial charge in [0.15, 0.2) is 0 Å². The number of nitrogens with one attached hydrogen (secondary N) is 1. The number of piperazine rings is 1. The number of aliphatic carboxylic acids is 1. The Labute approximate surface area is 102 Å². The zero-order valence-electron chi connectivity index (χ0n) is 11.0. The van der Waals surface area contributed by atoms with Gasteiger partial charge in [-0.2, -0.15) is 0 Å². The highest BCUT2D eigenvalue weighted by Crippen LogP contribution is 2.24. The van der Waals surface area contributed by atoms with Gasteiger partial charge in [-0.1, -0.05) is 13.8 Å². The lowest BCUT2D eigenvalue weighted by atomic mass is 9.93. The molecule has 2 N–H and O–H groups in total. The first-order chi connectivity index (χ1) is 7.74. The lowest BCUT2D eigenvalue weighted by molar-refractivity contribution is -0.146. The summed E-state index contributed by atoms with van der Waals surface area (Å²) in [4.78, 5) is 24.7. The molecular formula is C12H22N2O3. The fourth-order valence-electron chi connectivity index (χ4n) is 2.22. The molecule has 1 rings (SSSR count). The van der Waals surface area contributed by atoms with Gasteiger partial charge in [0, 0.05) is 18.6 Å². The zero-order chi connectivity index (χ0) is 13.2. The largest absolute Gasteiger partial charge is 0.481 e. The molecule has 0 radical (unpaired) electrons. The Bertz CT molecular complexity index is 313. The number of carboxylic acid groups (broad SMARTS) is 1. The molecule has 0 spiro atoms. The third-order valence-electron chi connectivity index (χ3n) is 3.08. The Kier molecular flexibility index (Phi) is 4.14. The van der Waals surface area contributed by atoms with E-state index in [9.17, 15) is 9.59 Å². The topological polar surface area (TPSA) is 69.6 Å². The highest BCUT2D eigenvalue weighted by atomic mass is 16.4. The standard InChI is InChI=1S/C12H22N2O3/c1-8(2)6-14-9(5-10(15)16)11(17)13-7-12(14,3)4/h8-9H,5-7H2,1-4H3,(H,13,17)(H,15,16). The van der Waals surface area contributed by atoms with Crippen LogP contribution in [0.25, 0.3) is 0 Å². The predicted molar refractivity (Wildman–Crippen MR) is 64.7 cm³/mol. The summed E-state index contributed by atoms with van der Waals surface area (Å²) in [7, 11) is 0. The van der Waals surface area contributed by atoms with Gasteiger partial charge in [0.1, 0.15) is 6.04 Å². The van der Waals surface area contributed by atoms with Crippen molar-refractivity contribution in [2.45, 2.75) is 45.7 Å². The molecule has 0 aromatic heterocycles. The van der Waals surface area contributed by atoms with Crippen molar-refractivity contribution in [2.24, 2.45) is 5.92 Å². The Hall–Kier alpha value is -1.10. The second-order valence-corrected chi connectivity index (χ2v) is 5.69. The van der Waals surface area contributed by atoms with Crippen LogP contribution in [0.3, 0.4) is 0 Å². The molecule has 1 aliphatic heterocycles. The summed E-state index contributed by atoms with van der Waals surface area (Å²) in [6, 6.07) is -0.557. The van der Waals surface area contributed by atoms with Crippen molar-refractivity contribution in [3.8, 4) is 0 Å². The number of hydrogen-bond donors (Lipinski definition) is 2. The molecule has 1 aliphatic rings. The van der Waals surface area contributed by atoms with Gasteiger partial charge >= 0.3 is 5.97 Å². The zero-order valence-corrected chi connectivity index (χ0v) is 11.0. The van der Waals surface area contributed by atoms with Crippen LogP contribution in [0.4, 0.5) is 0 Å². The van der Waals surface area contributed by atoms with Crippen molar-refractivity contribution in [3.05, 3.63) is 0 Å². The molecule has 1 atom stereocenters. The highest BCUT2D eigenvalue weighted by Gasteiger charge is 2.41. The number of nitrogens with zero attached hydrogens (tertiary/aromatic N) is 1. The van der Waals surface area contributed by atoms with Crippen LogP contribution in [0, 0.1) is 5.92 Å². The Morgan fingerprint density at radius 3 is 2.65 bits per heavy atom. The van der Waals surface area contributed by atoms with Crippen LogP contribution in [0.2, 0.25) is 0 Å². The van der Waals surface area contributed by atoms with Crippen LogP contribution in [0.5, 0.6) is 0 Å². The summed E-state index contributed by atoms with van der Waals surface area (Å²) in [5, 5.41) is 11.7. The summed E-state index contributed by atoms with van der Waals surface area (Å²) in [5.41, 5.74) is -0.196. The molecule has 0 saturated carbocycles. The Balaban J connectivity index is 2.91. The van der Waals surface area contributed by atoms with Crippen LogP contribution >= 0.6 is 0 Å². The van der Waals surface area contributed by atoms with E-state index in [1.165, 1.54) is 0 Å². The average Bonchev–Trinajstić information content (AvgIpc) is 2.17. The molecule has 0 bridgehead atoms. The van der Waals surface area contributed by atoms with Gasteiger partial charge in [-0.25, -0.2) is 0 Å². The highest BCUT2D eigenvalue weighted by molar-refractivity contribution is 5.87. The van der Waals surface area contributed by atoms with E-state index in [0.717, 1.165) is 6.54 Å². The molecule has 98 valence electrons. The molecule has 5 nitrogen and oxygen atoms in total. The predicted octanol–water partition coefficient (Wildman–Crippen LogP) is 0.696. The van der Waals surface area contributed by atoms with Crippen molar-refractivity contribution in [1.29, 1.82) is 0 Å². The van der Waals surface area contributed by atoms with Gasteiger partial charge in [-0.05, 0) is 19.8 Å². The van der Waals surface area contributed by atoms with Gasteiger partial charge in [0.2, 0.25) is 5.91 Å². The van der Waals surface area contributed by atoms with E-state index < -0.39 is 12.0 Å². The first kappa shape index (κ1) is 14.0. The monoisotopic (exact) mass is 242 g/mol. The molecule has 1 unspecified atom stereocenters. The molecule has 1 heterocycles. The molecule has 0 aromatic rings. The molecule has 0 aliphatic carbocycles. The minimum Gasteiger partial charge on any atom is -0.481 e. The van der Waals surface area contributed by atoms with E-state index in [1.54, 1.807) is 0 Å². The van der Waals surface area contributed by atoms with Gasteiger partial charge in [0.25, 0.3) is 0 Å². The van der Waals surface area contributed by atoms with Crippen LogP contribution in [-0.2, 0) is 9.59 Å². The van der Waals surface area contributed by atoms with Crippen molar-refractivity contribution in [3.63, 3.8) is 0 Å².